The van der Waals surface area contributed by atoms with Crippen LogP contribution >= 0.6 is 39.0 Å². The molecule has 1 N–H and O–H groups in total. The molecule has 0 saturated heterocycles. The van der Waals surface area contributed by atoms with Gasteiger partial charge in [0.1, 0.15) is 0 Å². The van der Waals surface area contributed by atoms with Crippen molar-refractivity contribution < 1.29 is 0 Å². The summed E-state index contributed by atoms with van der Waals surface area (Å²) in [7, 11) is 0. The highest BCUT2D eigenvalue weighted by molar-refractivity contribution is 9.11. The highest BCUT2D eigenvalue weighted by atomic mass is 79.9. The number of halogens is 1. The Morgan fingerprint density at radius 3 is 3.00 bits per heavy atom. The van der Waals surface area contributed by atoms with E-state index in [0.717, 1.165) is 6.54 Å². The number of thiophene rings is 1. The third-order valence-corrected chi connectivity index (χ3v) is 4.66. The van der Waals surface area contributed by atoms with Crippen molar-refractivity contribution in [3.05, 3.63) is 20.8 Å². The van der Waals surface area contributed by atoms with Crippen molar-refractivity contribution in [1.29, 1.82) is 0 Å². The molecule has 0 radical (unpaired) electrons. The maximum Gasteiger partial charge on any atom is 0.0701 e. The van der Waals surface area contributed by atoms with Crippen LogP contribution in [0.15, 0.2) is 15.2 Å². The summed E-state index contributed by atoms with van der Waals surface area (Å²) in [6, 6.07) is 2.80. The highest BCUT2D eigenvalue weighted by Crippen LogP contribution is 2.20. The van der Waals surface area contributed by atoms with Gasteiger partial charge in [0.2, 0.25) is 0 Å². The molecule has 0 bridgehead atoms. The lowest BCUT2D eigenvalue weighted by Gasteiger charge is -2.12. The van der Waals surface area contributed by atoms with Crippen molar-refractivity contribution in [3.8, 4) is 0 Å². The van der Waals surface area contributed by atoms with Crippen molar-refractivity contribution in [2.24, 2.45) is 0 Å². The Hall–Kier alpha value is 0.490. The van der Waals surface area contributed by atoms with E-state index in [4.69, 9.17) is 0 Å². The SMILES string of the molecule is CCSCCC(C)NCc1csc(Br)c1. The zero-order valence-corrected chi connectivity index (χ0v) is 12.5. The summed E-state index contributed by atoms with van der Waals surface area (Å²) in [5, 5.41) is 5.74. The van der Waals surface area contributed by atoms with Gasteiger partial charge in [-0.3, -0.25) is 0 Å². The van der Waals surface area contributed by atoms with Crippen LogP contribution in [0.5, 0.6) is 0 Å². The molecule has 1 heterocycles. The molecule has 1 atom stereocenters. The summed E-state index contributed by atoms with van der Waals surface area (Å²) >= 11 is 7.24. The fourth-order valence-electron chi connectivity index (χ4n) is 1.24. The summed E-state index contributed by atoms with van der Waals surface area (Å²) < 4.78 is 1.22. The lowest BCUT2D eigenvalue weighted by Crippen LogP contribution is -2.25. The maximum absolute atomic E-state index is 3.54. The number of hydrogen-bond donors (Lipinski definition) is 1. The Morgan fingerprint density at radius 1 is 1.60 bits per heavy atom. The second-order valence-electron chi connectivity index (χ2n) is 3.53. The van der Waals surface area contributed by atoms with E-state index in [2.05, 4.69) is 46.5 Å². The molecule has 1 aromatic rings. The van der Waals surface area contributed by atoms with Crippen molar-refractivity contribution in [2.75, 3.05) is 11.5 Å². The van der Waals surface area contributed by atoms with Crippen LogP contribution in [0, 0.1) is 0 Å². The molecule has 1 aromatic heterocycles. The van der Waals surface area contributed by atoms with Gasteiger partial charge in [-0.05, 0) is 57.8 Å². The van der Waals surface area contributed by atoms with Crippen molar-refractivity contribution in [1.82, 2.24) is 5.32 Å². The first-order valence-electron chi connectivity index (χ1n) is 5.26. The quantitative estimate of drug-likeness (QED) is 0.760. The molecule has 1 unspecified atom stereocenters. The van der Waals surface area contributed by atoms with Crippen LogP contribution in [0.1, 0.15) is 25.8 Å². The van der Waals surface area contributed by atoms with Gasteiger partial charge in [-0.2, -0.15) is 11.8 Å². The second-order valence-corrected chi connectivity index (χ2v) is 7.21. The zero-order valence-electron chi connectivity index (χ0n) is 9.25. The molecule has 0 saturated carbocycles. The zero-order chi connectivity index (χ0) is 11.1. The van der Waals surface area contributed by atoms with Gasteiger partial charge >= 0.3 is 0 Å². The maximum atomic E-state index is 3.54. The molecule has 0 fully saturated rings. The van der Waals surface area contributed by atoms with Gasteiger partial charge in [0, 0.05) is 12.6 Å². The molecule has 0 aliphatic rings. The van der Waals surface area contributed by atoms with Crippen molar-refractivity contribution >= 4 is 39.0 Å². The van der Waals surface area contributed by atoms with E-state index in [-0.39, 0.29) is 0 Å². The average molecular weight is 308 g/mol. The standard InChI is InChI=1S/C11H18BrNS2/c1-3-14-5-4-9(2)13-7-10-6-11(12)15-8-10/h6,8-9,13H,3-5,7H2,1-2H3. The Balaban J connectivity index is 2.13. The minimum absolute atomic E-state index is 0.614. The van der Waals surface area contributed by atoms with Crippen molar-refractivity contribution in [3.63, 3.8) is 0 Å². The Morgan fingerprint density at radius 2 is 2.40 bits per heavy atom. The van der Waals surface area contributed by atoms with E-state index in [1.807, 2.05) is 11.8 Å². The molecule has 1 nitrogen and oxygen atoms in total. The molecule has 86 valence electrons. The van der Waals surface area contributed by atoms with E-state index in [9.17, 15) is 0 Å². The van der Waals surface area contributed by atoms with Crippen molar-refractivity contribution in [2.45, 2.75) is 32.9 Å². The summed E-state index contributed by atoms with van der Waals surface area (Å²) in [5.74, 6) is 2.49. The fraction of sp³-hybridized carbons (Fsp3) is 0.636. The third kappa shape index (κ3) is 5.95. The van der Waals surface area contributed by atoms with E-state index in [0.29, 0.717) is 6.04 Å². The number of thioether (sulfide) groups is 1. The van der Waals surface area contributed by atoms with Crippen LogP contribution in [-0.4, -0.2) is 17.5 Å². The highest BCUT2D eigenvalue weighted by Gasteiger charge is 2.02. The Labute approximate surface area is 109 Å². The molecule has 4 heteroatoms. The number of rotatable bonds is 7. The minimum atomic E-state index is 0.614. The number of nitrogens with one attached hydrogen (secondary N) is 1. The molecule has 0 spiro atoms. The molecule has 0 aliphatic heterocycles. The molecule has 0 aliphatic carbocycles. The molecule has 0 aromatic carbocycles. The lowest BCUT2D eigenvalue weighted by atomic mass is 10.2. The normalized spacial score (nSPS) is 13.0. The van der Waals surface area contributed by atoms with Gasteiger partial charge in [0.05, 0.1) is 3.79 Å². The summed E-state index contributed by atoms with van der Waals surface area (Å²) in [4.78, 5) is 0. The molecule has 0 amide bonds. The lowest BCUT2D eigenvalue weighted by molar-refractivity contribution is 0.538. The smallest absolute Gasteiger partial charge is 0.0701 e. The second kappa shape index (κ2) is 7.71. The fourth-order valence-corrected chi connectivity index (χ4v) is 3.26. The van der Waals surface area contributed by atoms with Gasteiger partial charge in [0.25, 0.3) is 0 Å². The van der Waals surface area contributed by atoms with Crippen LogP contribution in [0.2, 0.25) is 0 Å². The number of hydrogen-bond acceptors (Lipinski definition) is 3. The van der Waals surface area contributed by atoms with Gasteiger partial charge < -0.3 is 5.32 Å². The van der Waals surface area contributed by atoms with Crippen LogP contribution in [0.3, 0.4) is 0 Å². The monoisotopic (exact) mass is 307 g/mol. The Bertz CT molecular complexity index is 275. The van der Waals surface area contributed by atoms with Crippen LogP contribution in [0.4, 0.5) is 0 Å². The molecule has 15 heavy (non-hydrogen) atoms. The minimum Gasteiger partial charge on any atom is -0.310 e. The van der Waals surface area contributed by atoms with E-state index >= 15 is 0 Å². The summed E-state index contributed by atoms with van der Waals surface area (Å²) in [6.07, 6.45) is 1.25. The van der Waals surface area contributed by atoms with E-state index in [1.54, 1.807) is 11.3 Å². The van der Waals surface area contributed by atoms with Crippen LogP contribution in [-0.2, 0) is 6.54 Å². The van der Waals surface area contributed by atoms with E-state index < -0.39 is 0 Å². The first-order valence-corrected chi connectivity index (χ1v) is 8.09. The molecule has 1 rings (SSSR count). The first kappa shape index (κ1) is 13.6. The van der Waals surface area contributed by atoms with Gasteiger partial charge in [0.15, 0.2) is 0 Å². The molecular formula is C11H18BrNS2. The predicted octanol–water partition coefficient (Wildman–Crippen LogP) is 4.13. The largest absolute Gasteiger partial charge is 0.310 e. The van der Waals surface area contributed by atoms with Gasteiger partial charge in [-0.15, -0.1) is 11.3 Å². The third-order valence-electron chi connectivity index (χ3n) is 2.18. The molecular weight excluding hydrogens is 290 g/mol. The predicted molar refractivity (Wildman–Crippen MR) is 75.9 cm³/mol. The summed E-state index contributed by atoms with van der Waals surface area (Å²) in [5.41, 5.74) is 1.38. The van der Waals surface area contributed by atoms with Crippen LogP contribution in [0.25, 0.3) is 0 Å². The van der Waals surface area contributed by atoms with E-state index in [1.165, 1.54) is 27.3 Å². The average Bonchev–Trinajstić information content (AvgIpc) is 2.62. The van der Waals surface area contributed by atoms with Gasteiger partial charge in [-0.25, -0.2) is 0 Å². The van der Waals surface area contributed by atoms with Crippen LogP contribution < -0.4 is 5.32 Å². The first-order chi connectivity index (χ1) is 7.22. The summed E-state index contributed by atoms with van der Waals surface area (Å²) in [6.45, 7) is 5.46. The topological polar surface area (TPSA) is 12.0 Å². The Kier molecular flexibility index (Phi) is 6.97. The van der Waals surface area contributed by atoms with Gasteiger partial charge in [-0.1, -0.05) is 6.92 Å².